The lowest BCUT2D eigenvalue weighted by molar-refractivity contribution is 0.190. The van der Waals surface area contributed by atoms with E-state index in [1.54, 1.807) is 0 Å². The molecular formula is C21H28FN3. The van der Waals surface area contributed by atoms with Crippen molar-refractivity contribution in [2.75, 3.05) is 37.6 Å². The maximum atomic E-state index is 13.1. The molecule has 0 spiro atoms. The van der Waals surface area contributed by atoms with Crippen LogP contribution in [0.1, 0.15) is 36.9 Å². The smallest absolute Gasteiger partial charge is 0.123 e. The van der Waals surface area contributed by atoms with Gasteiger partial charge in [0.1, 0.15) is 5.82 Å². The van der Waals surface area contributed by atoms with Crippen molar-refractivity contribution in [3.63, 3.8) is 0 Å². The fraction of sp³-hybridized carbons (Fsp3) is 0.429. The van der Waals surface area contributed by atoms with Gasteiger partial charge in [-0.1, -0.05) is 38.1 Å². The van der Waals surface area contributed by atoms with Gasteiger partial charge in [0.05, 0.1) is 0 Å². The van der Waals surface area contributed by atoms with Crippen molar-refractivity contribution in [1.29, 1.82) is 0 Å². The highest BCUT2D eigenvalue weighted by Crippen LogP contribution is 2.25. The predicted octanol–water partition coefficient (Wildman–Crippen LogP) is 3.77. The second kappa shape index (κ2) is 7.98. The van der Waals surface area contributed by atoms with E-state index in [-0.39, 0.29) is 11.9 Å². The van der Waals surface area contributed by atoms with Crippen molar-refractivity contribution >= 4 is 5.69 Å². The van der Waals surface area contributed by atoms with Crippen LogP contribution in [0.2, 0.25) is 0 Å². The summed E-state index contributed by atoms with van der Waals surface area (Å²) in [6.45, 7) is 8.85. The van der Waals surface area contributed by atoms with E-state index in [4.69, 9.17) is 5.73 Å². The van der Waals surface area contributed by atoms with E-state index in [0.29, 0.717) is 12.5 Å². The Morgan fingerprint density at radius 2 is 1.44 bits per heavy atom. The highest BCUT2D eigenvalue weighted by molar-refractivity contribution is 5.46. The molecule has 1 aliphatic heterocycles. The molecule has 2 aromatic carbocycles. The zero-order chi connectivity index (χ0) is 17.8. The van der Waals surface area contributed by atoms with Crippen molar-refractivity contribution in [1.82, 2.24) is 4.90 Å². The van der Waals surface area contributed by atoms with Crippen LogP contribution in [0.5, 0.6) is 0 Å². The third-order valence-electron chi connectivity index (χ3n) is 5.16. The molecule has 0 amide bonds. The molecule has 1 saturated heterocycles. The molecule has 1 unspecified atom stereocenters. The predicted molar refractivity (Wildman–Crippen MR) is 103 cm³/mol. The number of nitrogens with zero attached hydrogens (tertiary/aromatic N) is 2. The van der Waals surface area contributed by atoms with Crippen LogP contribution in [0.25, 0.3) is 0 Å². The van der Waals surface area contributed by atoms with Crippen molar-refractivity contribution in [3.8, 4) is 0 Å². The van der Waals surface area contributed by atoms with Crippen LogP contribution in [-0.2, 0) is 0 Å². The Morgan fingerprint density at radius 1 is 0.880 bits per heavy atom. The second-order valence-corrected chi connectivity index (χ2v) is 7.07. The van der Waals surface area contributed by atoms with Crippen LogP contribution in [0.4, 0.5) is 10.1 Å². The Morgan fingerprint density at radius 3 is 1.96 bits per heavy atom. The Bertz CT molecular complexity index is 659. The first-order valence-corrected chi connectivity index (χ1v) is 9.13. The van der Waals surface area contributed by atoms with E-state index < -0.39 is 0 Å². The standard InChI is InChI=1S/C21H28FN3/c1-16(2)17-3-5-18(6-4-17)21(15-23)25-13-11-24(12-14-25)20-9-7-19(22)8-10-20/h3-10,16,21H,11-15,23H2,1-2H3. The molecule has 1 fully saturated rings. The van der Waals surface area contributed by atoms with Gasteiger partial charge in [-0.2, -0.15) is 0 Å². The van der Waals surface area contributed by atoms with Crippen LogP contribution in [0, 0.1) is 5.82 Å². The topological polar surface area (TPSA) is 32.5 Å². The molecule has 1 atom stereocenters. The van der Waals surface area contributed by atoms with Crippen LogP contribution in [0.15, 0.2) is 48.5 Å². The number of nitrogens with two attached hydrogens (primary N) is 1. The highest BCUT2D eigenvalue weighted by atomic mass is 19.1. The van der Waals surface area contributed by atoms with E-state index in [9.17, 15) is 4.39 Å². The van der Waals surface area contributed by atoms with E-state index in [2.05, 4.69) is 47.9 Å². The lowest BCUT2D eigenvalue weighted by Gasteiger charge is -2.40. The molecule has 2 aromatic rings. The van der Waals surface area contributed by atoms with E-state index in [1.165, 1.54) is 23.3 Å². The Hall–Kier alpha value is -1.91. The molecule has 3 nitrogen and oxygen atoms in total. The van der Waals surface area contributed by atoms with Crippen LogP contribution in [-0.4, -0.2) is 37.6 Å². The van der Waals surface area contributed by atoms with Crippen molar-refractivity contribution in [2.24, 2.45) is 5.73 Å². The van der Waals surface area contributed by atoms with E-state index in [1.807, 2.05) is 12.1 Å². The van der Waals surface area contributed by atoms with Crippen molar-refractivity contribution in [3.05, 3.63) is 65.5 Å². The Labute approximate surface area is 150 Å². The van der Waals surface area contributed by atoms with Gasteiger partial charge in [0.25, 0.3) is 0 Å². The highest BCUT2D eigenvalue weighted by Gasteiger charge is 2.24. The number of hydrogen-bond acceptors (Lipinski definition) is 3. The van der Waals surface area contributed by atoms with Gasteiger partial charge >= 0.3 is 0 Å². The third-order valence-corrected chi connectivity index (χ3v) is 5.16. The van der Waals surface area contributed by atoms with Crippen LogP contribution in [0.3, 0.4) is 0 Å². The van der Waals surface area contributed by atoms with Gasteiger partial charge < -0.3 is 10.6 Å². The summed E-state index contributed by atoms with van der Waals surface area (Å²) in [4.78, 5) is 4.77. The van der Waals surface area contributed by atoms with Gasteiger partial charge in [-0.3, -0.25) is 4.90 Å². The summed E-state index contributed by atoms with van der Waals surface area (Å²) in [5.74, 6) is 0.361. The second-order valence-electron chi connectivity index (χ2n) is 7.07. The fourth-order valence-electron chi connectivity index (χ4n) is 3.54. The van der Waals surface area contributed by atoms with E-state index in [0.717, 1.165) is 31.9 Å². The minimum Gasteiger partial charge on any atom is -0.369 e. The molecule has 4 heteroatoms. The summed E-state index contributed by atoms with van der Waals surface area (Å²) < 4.78 is 13.1. The normalized spacial score (nSPS) is 17.1. The van der Waals surface area contributed by atoms with E-state index >= 15 is 0 Å². The zero-order valence-corrected chi connectivity index (χ0v) is 15.2. The molecular weight excluding hydrogens is 313 g/mol. The molecule has 0 saturated carbocycles. The van der Waals surface area contributed by atoms with Crippen molar-refractivity contribution < 1.29 is 4.39 Å². The summed E-state index contributed by atoms with van der Waals surface area (Å²) in [6.07, 6.45) is 0. The molecule has 0 radical (unpaired) electrons. The summed E-state index contributed by atoms with van der Waals surface area (Å²) in [6, 6.07) is 15.9. The number of halogens is 1. The molecule has 0 aromatic heterocycles. The lowest BCUT2D eigenvalue weighted by atomic mass is 9.98. The number of rotatable bonds is 5. The van der Waals surface area contributed by atoms with Crippen molar-refractivity contribution in [2.45, 2.75) is 25.8 Å². The first-order valence-electron chi connectivity index (χ1n) is 9.13. The molecule has 0 bridgehead atoms. The maximum absolute atomic E-state index is 13.1. The Kier molecular flexibility index (Phi) is 5.71. The minimum atomic E-state index is -0.185. The SMILES string of the molecule is CC(C)c1ccc(C(CN)N2CCN(c3ccc(F)cc3)CC2)cc1. The number of piperazine rings is 1. The molecule has 134 valence electrons. The van der Waals surface area contributed by atoms with Crippen LogP contribution >= 0.6 is 0 Å². The summed E-state index contributed by atoms with van der Waals surface area (Å²) in [5.41, 5.74) is 9.84. The van der Waals surface area contributed by atoms with Gasteiger partial charge in [0, 0.05) is 44.5 Å². The largest absolute Gasteiger partial charge is 0.369 e. The van der Waals surface area contributed by atoms with Gasteiger partial charge in [0.2, 0.25) is 0 Å². The third kappa shape index (κ3) is 4.20. The minimum absolute atomic E-state index is 0.185. The van der Waals surface area contributed by atoms with Gasteiger partial charge in [0.15, 0.2) is 0 Å². The fourth-order valence-corrected chi connectivity index (χ4v) is 3.54. The van der Waals surface area contributed by atoms with Crippen LogP contribution < -0.4 is 10.6 Å². The maximum Gasteiger partial charge on any atom is 0.123 e. The summed E-state index contributed by atoms with van der Waals surface area (Å²) >= 11 is 0. The zero-order valence-electron chi connectivity index (χ0n) is 15.2. The molecule has 2 N–H and O–H groups in total. The lowest BCUT2D eigenvalue weighted by Crippen LogP contribution is -2.49. The monoisotopic (exact) mass is 341 g/mol. The number of benzene rings is 2. The quantitative estimate of drug-likeness (QED) is 0.898. The number of hydrogen-bond donors (Lipinski definition) is 1. The first kappa shape index (κ1) is 17.9. The van der Waals surface area contributed by atoms with Gasteiger partial charge in [-0.15, -0.1) is 0 Å². The molecule has 1 heterocycles. The molecule has 25 heavy (non-hydrogen) atoms. The Balaban J connectivity index is 1.64. The van der Waals surface area contributed by atoms with Gasteiger partial charge in [-0.25, -0.2) is 4.39 Å². The van der Waals surface area contributed by atoms with Gasteiger partial charge in [-0.05, 0) is 41.3 Å². The average molecular weight is 341 g/mol. The summed E-state index contributed by atoms with van der Waals surface area (Å²) in [7, 11) is 0. The molecule has 0 aliphatic carbocycles. The molecule has 3 rings (SSSR count). The number of anilines is 1. The first-order chi connectivity index (χ1) is 12.1. The molecule has 1 aliphatic rings. The summed E-state index contributed by atoms with van der Waals surface area (Å²) in [5, 5.41) is 0. The average Bonchev–Trinajstić information content (AvgIpc) is 2.64.